The number of guanidine groups is 1. The fourth-order valence-corrected chi connectivity index (χ4v) is 2.28. The van der Waals surface area contributed by atoms with Gasteiger partial charge in [0.05, 0.1) is 6.61 Å². The predicted molar refractivity (Wildman–Crippen MR) is 113 cm³/mol. The van der Waals surface area contributed by atoms with Crippen molar-refractivity contribution in [2.24, 2.45) is 4.99 Å². The van der Waals surface area contributed by atoms with E-state index < -0.39 is 0 Å². The predicted octanol–water partition coefficient (Wildman–Crippen LogP) is 2.83. The molecule has 0 spiro atoms. The number of aryl methyl sites for hydroxylation is 2. The van der Waals surface area contributed by atoms with Crippen molar-refractivity contribution in [3.8, 4) is 5.75 Å². The summed E-state index contributed by atoms with van der Waals surface area (Å²) in [5.74, 6) is 1.78. The second kappa shape index (κ2) is 12.6. The van der Waals surface area contributed by atoms with Crippen molar-refractivity contribution in [3.63, 3.8) is 0 Å². The number of aliphatic imine (C=N–C) groups is 1. The van der Waals surface area contributed by atoms with Gasteiger partial charge in [0.1, 0.15) is 5.75 Å². The SMILES string of the molecule is CN=C(NCCCOc1ccccc1C)NCCCn1cccn1.I. The molecular weight excluding hydrogens is 429 g/mol. The molecule has 2 rings (SSSR count). The molecule has 0 amide bonds. The molecule has 0 unspecified atom stereocenters. The summed E-state index contributed by atoms with van der Waals surface area (Å²) in [6.07, 6.45) is 5.69. The van der Waals surface area contributed by atoms with E-state index in [0.29, 0.717) is 6.61 Å². The van der Waals surface area contributed by atoms with E-state index in [1.165, 1.54) is 5.56 Å². The monoisotopic (exact) mass is 457 g/mol. The number of benzene rings is 1. The molecule has 1 aromatic carbocycles. The van der Waals surface area contributed by atoms with Crippen LogP contribution in [0.4, 0.5) is 0 Å². The molecule has 0 atom stereocenters. The van der Waals surface area contributed by atoms with Gasteiger partial charge in [-0.1, -0.05) is 18.2 Å². The zero-order chi connectivity index (χ0) is 17.0. The molecule has 0 aliphatic carbocycles. The second-order valence-electron chi connectivity index (χ2n) is 5.52. The minimum atomic E-state index is 0. The normalized spacial score (nSPS) is 10.9. The molecule has 0 fully saturated rings. The summed E-state index contributed by atoms with van der Waals surface area (Å²) in [6, 6.07) is 10.0. The molecule has 2 N–H and O–H groups in total. The molecule has 0 bridgehead atoms. The molecule has 0 aliphatic rings. The number of rotatable bonds is 9. The lowest BCUT2D eigenvalue weighted by molar-refractivity contribution is 0.309. The van der Waals surface area contributed by atoms with Crippen LogP contribution in [0.5, 0.6) is 5.75 Å². The first-order valence-electron chi connectivity index (χ1n) is 8.40. The van der Waals surface area contributed by atoms with Gasteiger partial charge >= 0.3 is 0 Å². The van der Waals surface area contributed by atoms with E-state index in [2.05, 4.69) is 33.7 Å². The Morgan fingerprint density at radius 3 is 2.60 bits per heavy atom. The van der Waals surface area contributed by atoms with Crippen LogP contribution in [-0.2, 0) is 6.54 Å². The van der Waals surface area contributed by atoms with Crippen LogP contribution in [0.2, 0.25) is 0 Å². The fourth-order valence-electron chi connectivity index (χ4n) is 2.28. The third kappa shape index (κ3) is 8.24. The topological polar surface area (TPSA) is 63.5 Å². The number of para-hydroxylation sites is 1. The number of ether oxygens (including phenoxy) is 1. The van der Waals surface area contributed by atoms with Gasteiger partial charge in [0, 0.05) is 39.1 Å². The van der Waals surface area contributed by atoms with E-state index in [9.17, 15) is 0 Å². The Bertz CT molecular complexity index is 616. The van der Waals surface area contributed by atoms with Crippen LogP contribution in [0.3, 0.4) is 0 Å². The van der Waals surface area contributed by atoms with Crippen LogP contribution in [0, 0.1) is 6.92 Å². The first-order chi connectivity index (χ1) is 11.8. The largest absolute Gasteiger partial charge is 0.493 e. The molecule has 138 valence electrons. The van der Waals surface area contributed by atoms with E-state index in [4.69, 9.17) is 4.74 Å². The first kappa shape index (κ1) is 21.3. The summed E-state index contributed by atoms with van der Waals surface area (Å²) in [7, 11) is 1.78. The molecule has 2 aromatic rings. The molecule has 1 heterocycles. The zero-order valence-corrected chi connectivity index (χ0v) is 17.3. The van der Waals surface area contributed by atoms with Crippen LogP contribution in [0.15, 0.2) is 47.7 Å². The lowest BCUT2D eigenvalue weighted by Gasteiger charge is -2.12. The highest BCUT2D eigenvalue weighted by Crippen LogP contribution is 2.15. The van der Waals surface area contributed by atoms with Crippen LogP contribution in [0.1, 0.15) is 18.4 Å². The number of hydrogen-bond donors (Lipinski definition) is 2. The van der Waals surface area contributed by atoms with Gasteiger partial charge in [0.15, 0.2) is 5.96 Å². The molecule has 0 saturated heterocycles. The van der Waals surface area contributed by atoms with E-state index in [1.54, 1.807) is 13.2 Å². The lowest BCUT2D eigenvalue weighted by atomic mass is 10.2. The Balaban J connectivity index is 0.00000312. The average molecular weight is 457 g/mol. The fraction of sp³-hybridized carbons (Fsp3) is 0.444. The van der Waals surface area contributed by atoms with Gasteiger partial charge in [-0.25, -0.2) is 0 Å². The van der Waals surface area contributed by atoms with Crippen molar-refractivity contribution in [1.29, 1.82) is 0 Å². The molecule has 1 aromatic heterocycles. The number of hydrogen-bond acceptors (Lipinski definition) is 3. The lowest BCUT2D eigenvalue weighted by Crippen LogP contribution is -2.38. The summed E-state index contributed by atoms with van der Waals surface area (Å²) in [5.41, 5.74) is 1.17. The zero-order valence-electron chi connectivity index (χ0n) is 14.9. The van der Waals surface area contributed by atoms with E-state index in [-0.39, 0.29) is 24.0 Å². The van der Waals surface area contributed by atoms with Crippen LogP contribution in [-0.4, -0.2) is 42.5 Å². The van der Waals surface area contributed by atoms with Gasteiger partial charge in [-0.2, -0.15) is 5.10 Å². The highest BCUT2D eigenvalue weighted by Gasteiger charge is 1.99. The quantitative estimate of drug-likeness (QED) is 0.263. The van der Waals surface area contributed by atoms with Crippen LogP contribution < -0.4 is 15.4 Å². The maximum Gasteiger partial charge on any atom is 0.190 e. The number of halogens is 1. The average Bonchev–Trinajstić information content (AvgIpc) is 3.11. The summed E-state index contributed by atoms with van der Waals surface area (Å²) >= 11 is 0. The summed E-state index contributed by atoms with van der Waals surface area (Å²) in [5, 5.41) is 10.8. The highest BCUT2D eigenvalue weighted by molar-refractivity contribution is 14.0. The Kier molecular flexibility index (Phi) is 10.7. The third-order valence-electron chi connectivity index (χ3n) is 3.60. The van der Waals surface area contributed by atoms with Gasteiger partial charge in [-0.15, -0.1) is 24.0 Å². The van der Waals surface area contributed by atoms with Gasteiger partial charge in [0.2, 0.25) is 0 Å². The standard InChI is InChI=1S/C18H27N5O.HI/c1-16-8-3-4-9-17(16)24-15-7-11-21-18(19-2)20-10-5-13-23-14-6-12-22-23;/h3-4,6,8-9,12,14H,5,7,10-11,13,15H2,1-2H3,(H2,19,20,21);1H. The number of nitrogens with one attached hydrogen (secondary N) is 2. The molecule has 0 radical (unpaired) electrons. The Labute approximate surface area is 167 Å². The Morgan fingerprint density at radius 1 is 1.16 bits per heavy atom. The smallest absolute Gasteiger partial charge is 0.190 e. The molecule has 25 heavy (non-hydrogen) atoms. The minimum absolute atomic E-state index is 0. The van der Waals surface area contributed by atoms with E-state index in [0.717, 1.165) is 44.2 Å². The maximum absolute atomic E-state index is 5.78. The first-order valence-corrected chi connectivity index (χ1v) is 8.40. The van der Waals surface area contributed by atoms with Crippen molar-refractivity contribution in [1.82, 2.24) is 20.4 Å². The molecule has 7 heteroatoms. The maximum atomic E-state index is 5.78. The third-order valence-corrected chi connectivity index (χ3v) is 3.60. The van der Waals surface area contributed by atoms with Crippen molar-refractivity contribution < 1.29 is 4.74 Å². The Morgan fingerprint density at radius 2 is 1.92 bits per heavy atom. The summed E-state index contributed by atoms with van der Waals surface area (Å²) < 4.78 is 7.71. The van der Waals surface area contributed by atoms with Crippen molar-refractivity contribution in [3.05, 3.63) is 48.3 Å². The van der Waals surface area contributed by atoms with Gasteiger partial charge in [0.25, 0.3) is 0 Å². The minimum Gasteiger partial charge on any atom is -0.493 e. The van der Waals surface area contributed by atoms with Crippen molar-refractivity contribution in [2.75, 3.05) is 26.7 Å². The molecule has 0 saturated carbocycles. The second-order valence-corrected chi connectivity index (χ2v) is 5.52. The van der Waals surface area contributed by atoms with Crippen LogP contribution in [0.25, 0.3) is 0 Å². The Hall–Kier alpha value is -1.77. The van der Waals surface area contributed by atoms with Crippen LogP contribution >= 0.6 is 24.0 Å². The highest BCUT2D eigenvalue weighted by atomic mass is 127. The summed E-state index contributed by atoms with van der Waals surface area (Å²) in [4.78, 5) is 4.22. The summed E-state index contributed by atoms with van der Waals surface area (Å²) in [6.45, 7) is 5.34. The molecule has 0 aliphatic heterocycles. The van der Waals surface area contributed by atoms with E-state index >= 15 is 0 Å². The van der Waals surface area contributed by atoms with Crippen molar-refractivity contribution >= 4 is 29.9 Å². The molecular formula is C18H28IN5O. The van der Waals surface area contributed by atoms with Crippen molar-refractivity contribution in [2.45, 2.75) is 26.3 Å². The van der Waals surface area contributed by atoms with E-state index in [1.807, 2.05) is 35.1 Å². The number of aromatic nitrogens is 2. The van der Waals surface area contributed by atoms with Gasteiger partial charge in [-0.3, -0.25) is 9.67 Å². The van der Waals surface area contributed by atoms with Gasteiger partial charge < -0.3 is 15.4 Å². The number of nitrogens with zero attached hydrogens (tertiary/aromatic N) is 3. The molecule has 6 nitrogen and oxygen atoms in total. The van der Waals surface area contributed by atoms with Gasteiger partial charge in [-0.05, 0) is 37.5 Å².